The molecule has 0 radical (unpaired) electrons. The van der Waals surface area contributed by atoms with Gasteiger partial charge in [0.05, 0.1) is 13.2 Å². The van der Waals surface area contributed by atoms with E-state index >= 15 is 0 Å². The molecule has 0 N–H and O–H groups in total. The first-order chi connectivity index (χ1) is 9.69. The highest BCUT2D eigenvalue weighted by molar-refractivity contribution is 6.76. The predicted octanol–water partition coefficient (Wildman–Crippen LogP) is -0.536. The quantitative estimate of drug-likeness (QED) is 0.366. The Morgan fingerprint density at radius 2 is 1.75 bits per heavy atom. The molecule has 3 rings (SSSR count). The summed E-state index contributed by atoms with van der Waals surface area (Å²) in [6.07, 6.45) is 1.36. The third-order valence-electron chi connectivity index (χ3n) is 4.57. The van der Waals surface area contributed by atoms with Crippen molar-refractivity contribution in [2.75, 3.05) is 19.8 Å². The van der Waals surface area contributed by atoms with E-state index < -0.39 is 38.1 Å². The Bertz CT molecular complexity index is 316. The fourth-order valence-electron chi connectivity index (χ4n) is 2.99. The molecule has 9 heteroatoms. The van der Waals surface area contributed by atoms with Crippen molar-refractivity contribution in [2.45, 2.75) is 49.0 Å². The Labute approximate surface area is 129 Å². The summed E-state index contributed by atoms with van der Waals surface area (Å²) < 4.78 is 29.6. The Hall–Kier alpha value is 0.668. The minimum atomic E-state index is -2.26. The molecule has 3 unspecified atom stereocenters. The second kappa shape index (κ2) is 6.83. The van der Waals surface area contributed by atoms with Crippen LogP contribution >= 0.6 is 0 Å². The maximum Gasteiger partial charge on any atom is 0.468 e. The molecule has 3 aliphatic heterocycles. The predicted molar refractivity (Wildman–Crippen MR) is 87.2 cm³/mol. The van der Waals surface area contributed by atoms with Crippen molar-refractivity contribution in [3.63, 3.8) is 0 Å². The van der Waals surface area contributed by atoms with Gasteiger partial charge in [-0.3, -0.25) is 0 Å². The van der Waals surface area contributed by atoms with Crippen molar-refractivity contribution >= 4 is 38.1 Å². The van der Waals surface area contributed by atoms with Crippen LogP contribution in [-0.2, 0) is 21.8 Å². The fraction of sp³-hybridized carbons (Fsp3) is 1.00. The summed E-state index contributed by atoms with van der Waals surface area (Å²) in [4.78, 5) is 0. The highest BCUT2D eigenvalue weighted by Gasteiger charge is 2.47. The van der Waals surface area contributed by atoms with Crippen molar-refractivity contribution in [3.05, 3.63) is 0 Å². The lowest BCUT2D eigenvalue weighted by atomic mass is 10.2. The maximum atomic E-state index is 6.32. The van der Waals surface area contributed by atoms with Gasteiger partial charge in [0.15, 0.2) is 29.3 Å². The molecule has 0 aromatic carbocycles. The number of hydrogen-bond acceptors (Lipinski definition) is 5. The molecule has 3 aliphatic rings. The Morgan fingerprint density at radius 1 is 1.10 bits per heavy atom. The molecule has 0 spiro atoms. The van der Waals surface area contributed by atoms with Crippen LogP contribution in [-0.4, -0.2) is 64.0 Å². The van der Waals surface area contributed by atoms with Crippen molar-refractivity contribution in [1.82, 2.24) is 0 Å². The second-order valence-electron chi connectivity index (χ2n) is 6.37. The van der Waals surface area contributed by atoms with Gasteiger partial charge in [-0.15, -0.1) is 0 Å². The number of fused-ring (bicyclic) bond motifs is 3. The van der Waals surface area contributed by atoms with E-state index in [9.17, 15) is 0 Å². The van der Waals surface area contributed by atoms with Crippen LogP contribution in [0, 0.1) is 0 Å². The minimum Gasteiger partial charge on any atom is -0.422 e. The van der Waals surface area contributed by atoms with Crippen LogP contribution in [0.25, 0.3) is 0 Å². The summed E-state index contributed by atoms with van der Waals surface area (Å²) in [5, 5.41) is 0. The third-order valence-corrected chi connectivity index (χ3v) is 18.4. The average Bonchev–Trinajstić information content (AvgIpc) is 3.25. The van der Waals surface area contributed by atoms with Gasteiger partial charge in [0.25, 0.3) is 0 Å². The van der Waals surface area contributed by atoms with Gasteiger partial charge in [0.1, 0.15) is 6.10 Å². The normalized spacial score (nSPS) is 47.7. The zero-order chi connectivity index (χ0) is 14.0. The molecule has 2 bridgehead atoms. The number of epoxide rings is 1. The van der Waals surface area contributed by atoms with Gasteiger partial charge in [-0.1, -0.05) is 13.8 Å². The lowest BCUT2D eigenvalue weighted by molar-refractivity contribution is 0.114. The molecule has 0 amide bonds. The zero-order valence-corrected chi connectivity index (χ0v) is 17.8. The largest absolute Gasteiger partial charge is 0.468 e. The van der Waals surface area contributed by atoms with E-state index in [0.717, 1.165) is 48.9 Å². The molecule has 116 valence electrons. The van der Waals surface area contributed by atoms with E-state index in [1.54, 1.807) is 0 Å². The summed E-state index contributed by atoms with van der Waals surface area (Å²) in [7, 11) is -3.69. The lowest BCUT2D eigenvalue weighted by Gasteiger charge is -2.31. The first kappa shape index (κ1) is 15.6. The topological polar surface area (TPSA) is 49.5 Å². The fourth-order valence-corrected chi connectivity index (χ4v) is 18.6. The van der Waals surface area contributed by atoms with Gasteiger partial charge in [0, 0.05) is 12.7 Å². The van der Waals surface area contributed by atoms with Crippen LogP contribution in [0.15, 0.2) is 0 Å². The van der Waals surface area contributed by atoms with E-state index in [-0.39, 0.29) is 0 Å². The van der Waals surface area contributed by atoms with Crippen LogP contribution in [0.3, 0.4) is 0 Å². The molecular weight excluding hydrogens is 324 g/mol. The summed E-state index contributed by atoms with van der Waals surface area (Å²) >= 11 is 0. The standard InChI is InChI=1S/C11H26O5Si4/c1-8-11-9(2)18-15-20(14-17-8,16-19-11)5-3-4-12-6-10-7-13-10/h8-11H,3-7,17-19H2,1-2H3. The first-order valence-electron chi connectivity index (χ1n) is 7.80. The molecule has 5 nitrogen and oxygen atoms in total. The molecular formula is C11H26O5Si4. The van der Waals surface area contributed by atoms with Crippen LogP contribution < -0.4 is 0 Å². The molecule has 0 aliphatic carbocycles. The highest BCUT2D eigenvalue weighted by Crippen LogP contribution is 2.41. The number of ether oxygens (including phenoxy) is 2. The highest BCUT2D eigenvalue weighted by atomic mass is 28.5. The summed E-state index contributed by atoms with van der Waals surface area (Å²) in [5.41, 5.74) is 2.42. The summed E-state index contributed by atoms with van der Waals surface area (Å²) in [6.45, 7) is 7.16. The van der Waals surface area contributed by atoms with E-state index in [2.05, 4.69) is 13.8 Å². The van der Waals surface area contributed by atoms with Gasteiger partial charge in [-0.05, 0) is 23.0 Å². The van der Waals surface area contributed by atoms with Crippen molar-refractivity contribution in [3.8, 4) is 0 Å². The minimum absolute atomic E-state index is 0.361. The molecule has 20 heavy (non-hydrogen) atoms. The molecule has 3 atom stereocenters. The van der Waals surface area contributed by atoms with Gasteiger partial charge >= 0.3 is 8.80 Å². The van der Waals surface area contributed by atoms with Gasteiger partial charge in [-0.25, -0.2) is 0 Å². The first-order valence-corrected chi connectivity index (χ1v) is 13.9. The number of rotatable bonds is 6. The second-order valence-corrected chi connectivity index (χ2v) is 16.2. The maximum absolute atomic E-state index is 6.32. The number of hydrogen-bond donors (Lipinski definition) is 0. The van der Waals surface area contributed by atoms with E-state index in [4.69, 9.17) is 21.8 Å². The Morgan fingerprint density at radius 3 is 2.40 bits per heavy atom. The van der Waals surface area contributed by atoms with Gasteiger partial charge < -0.3 is 21.8 Å². The molecule has 0 saturated carbocycles. The van der Waals surface area contributed by atoms with Gasteiger partial charge in [0.2, 0.25) is 0 Å². The SMILES string of the molecule is CC1[SiH2]O[Si]2(CCCOCC3CO3)O[SiH2]C(C)C1[SiH2]O2. The Balaban J connectivity index is 1.47. The zero-order valence-electron chi connectivity index (χ0n) is 12.5. The van der Waals surface area contributed by atoms with E-state index in [1.165, 1.54) is 0 Å². The van der Waals surface area contributed by atoms with Crippen LogP contribution in [0.2, 0.25) is 22.7 Å². The summed E-state index contributed by atoms with van der Waals surface area (Å²) in [6, 6.07) is 0.970. The van der Waals surface area contributed by atoms with Crippen LogP contribution in [0.1, 0.15) is 20.3 Å². The molecule has 3 heterocycles. The van der Waals surface area contributed by atoms with Crippen molar-refractivity contribution in [2.24, 2.45) is 0 Å². The molecule has 3 fully saturated rings. The van der Waals surface area contributed by atoms with E-state index in [1.807, 2.05) is 0 Å². The van der Waals surface area contributed by atoms with Crippen molar-refractivity contribution in [1.29, 1.82) is 0 Å². The molecule has 0 aromatic heterocycles. The van der Waals surface area contributed by atoms with Crippen molar-refractivity contribution < 1.29 is 21.8 Å². The van der Waals surface area contributed by atoms with Gasteiger partial charge in [-0.2, -0.15) is 0 Å². The molecule has 3 saturated heterocycles. The lowest BCUT2D eigenvalue weighted by Crippen LogP contribution is -2.47. The smallest absolute Gasteiger partial charge is 0.422 e. The third kappa shape index (κ3) is 3.90. The average molecular weight is 351 g/mol. The Kier molecular flexibility index (Phi) is 5.32. The van der Waals surface area contributed by atoms with Crippen LogP contribution in [0.4, 0.5) is 0 Å². The molecule has 0 aromatic rings. The monoisotopic (exact) mass is 350 g/mol. The van der Waals surface area contributed by atoms with E-state index in [0.29, 0.717) is 6.10 Å². The van der Waals surface area contributed by atoms with Crippen LogP contribution in [0.5, 0.6) is 0 Å². The summed E-state index contributed by atoms with van der Waals surface area (Å²) in [5.74, 6) is 0.